The third-order valence-electron chi connectivity index (χ3n) is 6.29. The fourth-order valence-electron chi connectivity index (χ4n) is 5.10. The van der Waals surface area contributed by atoms with Gasteiger partial charge in [-0.25, -0.2) is 0 Å². The zero-order valence-electron chi connectivity index (χ0n) is 14.1. The van der Waals surface area contributed by atoms with Gasteiger partial charge in [-0.2, -0.15) is 0 Å². The maximum absolute atomic E-state index is 12.8. The second-order valence-electron chi connectivity index (χ2n) is 7.57. The number of alkyl halides is 1. The molecule has 130 valence electrons. The summed E-state index contributed by atoms with van der Waals surface area (Å²) in [4.78, 5) is 26.3. The summed E-state index contributed by atoms with van der Waals surface area (Å²) in [5.74, 6) is 0.736. The van der Waals surface area contributed by atoms with Gasteiger partial charge in [0.1, 0.15) is 0 Å². The summed E-state index contributed by atoms with van der Waals surface area (Å²) in [7, 11) is 2.15. The quantitative estimate of drug-likeness (QED) is 0.597. The topological polar surface area (TPSA) is 61.4 Å². The summed E-state index contributed by atoms with van der Waals surface area (Å²) in [5, 5.41) is 0.306. The average Bonchev–Trinajstić information content (AvgIpc) is 2.76. The minimum absolute atomic E-state index is 0.0182. The lowest BCUT2D eigenvalue weighted by atomic mass is 9.68. The second kappa shape index (κ2) is 6.98. The molecule has 3 fully saturated rings. The van der Waals surface area contributed by atoms with E-state index >= 15 is 0 Å². The molecule has 3 rings (SSSR count). The molecule has 4 atom stereocenters. The van der Waals surface area contributed by atoms with Gasteiger partial charge in [0.15, 0.2) is 0 Å². The zero-order valence-corrected chi connectivity index (χ0v) is 14.8. The molecule has 5 nitrogen and oxygen atoms in total. The molecule has 23 heavy (non-hydrogen) atoms. The molecule has 0 aromatic heterocycles. The van der Waals surface area contributed by atoms with Gasteiger partial charge in [0, 0.05) is 24.4 Å². The summed E-state index contributed by atoms with van der Waals surface area (Å²) in [6, 6.07) is 0.921. The average molecular weight is 342 g/mol. The fourth-order valence-corrected chi connectivity index (χ4v) is 5.35. The largest absolute Gasteiger partial charge is 0.300 e. The van der Waals surface area contributed by atoms with Crippen molar-refractivity contribution in [3.8, 4) is 0 Å². The van der Waals surface area contributed by atoms with Gasteiger partial charge in [-0.05, 0) is 63.8 Å². The Morgan fingerprint density at radius 2 is 1.74 bits per heavy atom. The van der Waals surface area contributed by atoms with Gasteiger partial charge in [0.05, 0.1) is 5.92 Å². The van der Waals surface area contributed by atoms with Gasteiger partial charge in [-0.1, -0.05) is 0 Å². The van der Waals surface area contributed by atoms with Crippen molar-refractivity contribution in [1.29, 1.82) is 0 Å². The molecule has 6 heteroatoms. The van der Waals surface area contributed by atoms with Crippen LogP contribution >= 0.6 is 11.6 Å². The molecular weight excluding hydrogens is 314 g/mol. The molecule has 0 aromatic rings. The van der Waals surface area contributed by atoms with Gasteiger partial charge in [-0.15, -0.1) is 11.6 Å². The van der Waals surface area contributed by atoms with Crippen molar-refractivity contribution < 1.29 is 9.59 Å². The maximum Gasteiger partial charge on any atom is 0.243 e. The van der Waals surface area contributed by atoms with Crippen LogP contribution in [0.5, 0.6) is 0 Å². The minimum Gasteiger partial charge on any atom is -0.300 e. The monoisotopic (exact) mass is 341 g/mol. The first-order valence-corrected chi connectivity index (χ1v) is 9.33. The van der Waals surface area contributed by atoms with Gasteiger partial charge < -0.3 is 0 Å². The van der Waals surface area contributed by atoms with Crippen molar-refractivity contribution in [1.82, 2.24) is 15.8 Å². The van der Waals surface area contributed by atoms with Crippen LogP contribution < -0.4 is 10.9 Å². The SMILES string of the molecule is CC(=O)NNC(=O)C1C2CC[C@H](C[C@@H]1C1CCC(Cl)CC1)N2C. The van der Waals surface area contributed by atoms with Crippen LogP contribution in [0, 0.1) is 17.8 Å². The molecule has 1 saturated carbocycles. The van der Waals surface area contributed by atoms with Crippen LogP contribution in [0.1, 0.15) is 51.9 Å². The van der Waals surface area contributed by atoms with Gasteiger partial charge in [-0.3, -0.25) is 25.3 Å². The second-order valence-corrected chi connectivity index (χ2v) is 8.19. The van der Waals surface area contributed by atoms with Crippen LogP contribution in [0.25, 0.3) is 0 Å². The van der Waals surface area contributed by atoms with Crippen LogP contribution in [-0.2, 0) is 9.59 Å². The normalized spacial score (nSPS) is 40.7. The Kier molecular flexibility index (Phi) is 5.16. The van der Waals surface area contributed by atoms with Gasteiger partial charge in [0.2, 0.25) is 11.8 Å². The zero-order chi connectivity index (χ0) is 16.6. The van der Waals surface area contributed by atoms with Gasteiger partial charge >= 0.3 is 0 Å². The Labute approximate surface area is 143 Å². The molecule has 2 bridgehead atoms. The van der Waals surface area contributed by atoms with Gasteiger partial charge in [0.25, 0.3) is 0 Å². The number of nitrogens with zero attached hydrogens (tertiary/aromatic N) is 1. The highest BCUT2D eigenvalue weighted by Crippen LogP contribution is 2.48. The van der Waals surface area contributed by atoms with E-state index in [1.807, 2.05) is 0 Å². The van der Waals surface area contributed by atoms with Crippen LogP contribution in [-0.4, -0.2) is 41.2 Å². The molecule has 1 aliphatic carbocycles. The van der Waals surface area contributed by atoms with E-state index < -0.39 is 0 Å². The van der Waals surface area contributed by atoms with E-state index in [1.54, 1.807) is 0 Å². The smallest absolute Gasteiger partial charge is 0.243 e. The van der Waals surface area contributed by atoms with Crippen LogP contribution in [0.15, 0.2) is 0 Å². The number of amides is 2. The third-order valence-corrected chi connectivity index (χ3v) is 6.72. The predicted octanol–water partition coefficient (Wildman–Crippen LogP) is 2.05. The number of fused-ring (bicyclic) bond motifs is 2. The van der Waals surface area contributed by atoms with E-state index in [0.717, 1.165) is 38.5 Å². The summed E-state index contributed by atoms with van der Waals surface area (Å²) in [6.45, 7) is 1.41. The van der Waals surface area contributed by atoms with Crippen molar-refractivity contribution in [2.24, 2.45) is 17.8 Å². The molecule has 0 spiro atoms. The first-order chi connectivity index (χ1) is 11.0. The van der Waals surface area contributed by atoms with Crippen molar-refractivity contribution in [3.63, 3.8) is 0 Å². The molecule has 2 saturated heterocycles. The summed E-state index contributed by atoms with van der Waals surface area (Å²) in [6.07, 6.45) is 7.76. The lowest BCUT2D eigenvalue weighted by molar-refractivity contribution is -0.136. The molecule has 2 aliphatic heterocycles. The number of rotatable bonds is 2. The molecule has 2 heterocycles. The number of piperidine rings is 1. The molecular formula is C17H28ClN3O2. The molecule has 0 aromatic carbocycles. The van der Waals surface area contributed by atoms with E-state index in [2.05, 4.69) is 22.8 Å². The van der Waals surface area contributed by atoms with Crippen LogP contribution in [0.4, 0.5) is 0 Å². The predicted molar refractivity (Wildman–Crippen MR) is 89.7 cm³/mol. The van der Waals surface area contributed by atoms with Crippen LogP contribution in [0.2, 0.25) is 0 Å². The highest BCUT2D eigenvalue weighted by molar-refractivity contribution is 6.20. The van der Waals surface area contributed by atoms with Crippen molar-refractivity contribution >= 4 is 23.4 Å². The number of hydrogen-bond acceptors (Lipinski definition) is 3. The Bertz CT molecular complexity index is 465. The molecule has 0 radical (unpaired) electrons. The Morgan fingerprint density at radius 1 is 1.04 bits per heavy atom. The highest BCUT2D eigenvalue weighted by atomic mass is 35.5. The van der Waals surface area contributed by atoms with E-state index in [0.29, 0.717) is 29.3 Å². The number of hydrazine groups is 1. The molecule has 2 N–H and O–H groups in total. The number of halogens is 1. The highest BCUT2D eigenvalue weighted by Gasteiger charge is 2.50. The van der Waals surface area contributed by atoms with Crippen molar-refractivity contribution in [2.75, 3.05) is 7.05 Å². The van der Waals surface area contributed by atoms with Crippen molar-refractivity contribution in [2.45, 2.75) is 69.3 Å². The third kappa shape index (κ3) is 3.50. The Balaban J connectivity index is 1.75. The number of hydrogen-bond donors (Lipinski definition) is 2. The van der Waals surface area contributed by atoms with E-state index in [4.69, 9.17) is 11.6 Å². The summed E-state index contributed by atoms with van der Waals surface area (Å²) >= 11 is 6.26. The molecule has 2 unspecified atom stereocenters. The van der Waals surface area contributed by atoms with E-state index in [9.17, 15) is 9.59 Å². The first-order valence-electron chi connectivity index (χ1n) is 8.89. The Morgan fingerprint density at radius 3 is 2.39 bits per heavy atom. The van der Waals surface area contributed by atoms with E-state index in [1.165, 1.54) is 13.3 Å². The number of nitrogens with one attached hydrogen (secondary N) is 2. The van der Waals surface area contributed by atoms with Crippen molar-refractivity contribution in [3.05, 3.63) is 0 Å². The summed E-state index contributed by atoms with van der Waals surface area (Å²) < 4.78 is 0. The lowest BCUT2D eigenvalue weighted by Crippen LogP contribution is -2.56. The fraction of sp³-hybridized carbons (Fsp3) is 0.882. The molecule has 2 amide bonds. The summed E-state index contributed by atoms with van der Waals surface area (Å²) in [5.41, 5.74) is 5.11. The minimum atomic E-state index is -0.231. The number of carbonyl (C=O) groups is 2. The molecule has 3 aliphatic rings. The Hall–Kier alpha value is -0.810. The number of carbonyl (C=O) groups excluding carboxylic acids is 2. The van der Waals surface area contributed by atoms with E-state index in [-0.39, 0.29) is 17.7 Å². The maximum atomic E-state index is 12.8. The van der Waals surface area contributed by atoms with Crippen LogP contribution in [0.3, 0.4) is 0 Å². The standard InChI is InChI=1S/C17H28ClN3O2/c1-10(22)19-20-17(23)16-14(11-3-5-12(18)6-4-11)9-13-7-8-15(16)21(13)2/h11-16H,3-9H2,1-2H3,(H,19,22)(H,20,23)/t11?,12?,13-,14-,15?,16?/m1/s1. The first kappa shape index (κ1) is 17.0. The lowest BCUT2D eigenvalue weighted by Gasteiger charge is -2.46.